The van der Waals surface area contributed by atoms with Crippen LogP contribution >= 0.6 is 0 Å². The lowest BCUT2D eigenvalue weighted by Gasteiger charge is -2.27. The first-order chi connectivity index (χ1) is 13.6. The first-order valence-electron chi connectivity index (χ1n) is 10.3. The third kappa shape index (κ3) is 4.05. The van der Waals surface area contributed by atoms with Gasteiger partial charge in [0.2, 0.25) is 14.9 Å². The van der Waals surface area contributed by atoms with Crippen molar-refractivity contribution in [2.75, 3.05) is 5.75 Å². The summed E-state index contributed by atoms with van der Waals surface area (Å²) < 4.78 is 30.5. The zero-order valence-electron chi connectivity index (χ0n) is 17.2. The largest absolute Gasteiger partial charge is 0.453 e. The van der Waals surface area contributed by atoms with Gasteiger partial charge in [-0.05, 0) is 73.6 Å². The van der Waals surface area contributed by atoms with E-state index in [0.29, 0.717) is 17.4 Å². The van der Waals surface area contributed by atoms with Gasteiger partial charge in [-0.3, -0.25) is 4.79 Å². The molecule has 0 aliphatic heterocycles. The van der Waals surface area contributed by atoms with Crippen LogP contribution in [-0.4, -0.2) is 25.1 Å². The highest BCUT2D eigenvalue weighted by atomic mass is 32.2. The van der Waals surface area contributed by atoms with Gasteiger partial charge in [-0.15, -0.1) is 0 Å². The Balaban J connectivity index is 1.54. The molecule has 0 saturated heterocycles. The van der Waals surface area contributed by atoms with Crippen molar-refractivity contribution in [2.24, 2.45) is 5.92 Å². The van der Waals surface area contributed by atoms with Crippen molar-refractivity contribution in [1.82, 2.24) is 0 Å². The number of benzene rings is 1. The summed E-state index contributed by atoms with van der Waals surface area (Å²) in [5.41, 5.74) is 3.94. The number of fused-ring (bicyclic) bond motifs is 1. The van der Waals surface area contributed by atoms with E-state index in [9.17, 15) is 18.3 Å². The number of aryl methyl sites for hydroxylation is 1. The molecule has 1 atom stereocenters. The van der Waals surface area contributed by atoms with Gasteiger partial charge in [-0.2, -0.15) is 0 Å². The van der Waals surface area contributed by atoms with Gasteiger partial charge < -0.3 is 9.52 Å². The van der Waals surface area contributed by atoms with Crippen molar-refractivity contribution in [3.8, 4) is 0 Å². The molecule has 4 rings (SSSR count). The summed E-state index contributed by atoms with van der Waals surface area (Å²) in [6.45, 7) is 5.31. The number of hydrogen-bond donors (Lipinski definition) is 1. The fourth-order valence-electron chi connectivity index (χ4n) is 4.21. The quantitative estimate of drug-likeness (QED) is 0.709. The van der Waals surface area contributed by atoms with Crippen LogP contribution in [0.15, 0.2) is 34.0 Å². The predicted octanol–water partition coefficient (Wildman–Crippen LogP) is 3.70. The molecule has 1 fully saturated rings. The maximum atomic E-state index is 12.8. The molecule has 0 radical (unpaired) electrons. The molecule has 6 heteroatoms. The number of hydrogen-bond acceptors (Lipinski definition) is 5. The Morgan fingerprint density at radius 3 is 2.55 bits per heavy atom. The normalized spacial score (nSPS) is 17.5. The van der Waals surface area contributed by atoms with Gasteiger partial charge in [-0.25, -0.2) is 8.42 Å². The molecule has 1 saturated carbocycles. The smallest absolute Gasteiger partial charge is 0.218 e. The predicted molar refractivity (Wildman–Crippen MR) is 110 cm³/mol. The Morgan fingerprint density at radius 1 is 1.28 bits per heavy atom. The Hall–Kier alpha value is -1.92. The van der Waals surface area contributed by atoms with Crippen molar-refractivity contribution in [3.05, 3.63) is 52.3 Å². The van der Waals surface area contributed by atoms with Crippen LogP contribution in [0, 0.1) is 5.92 Å². The van der Waals surface area contributed by atoms with Gasteiger partial charge in [0, 0.05) is 18.1 Å². The average molecular weight is 417 g/mol. The topological polar surface area (TPSA) is 84.6 Å². The summed E-state index contributed by atoms with van der Waals surface area (Å²) in [5, 5.41) is 9.75. The van der Waals surface area contributed by atoms with Gasteiger partial charge in [0.15, 0.2) is 5.78 Å². The summed E-state index contributed by atoms with van der Waals surface area (Å²) in [4.78, 5) is 12.8. The monoisotopic (exact) mass is 416 g/mol. The Morgan fingerprint density at radius 2 is 2.00 bits per heavy atom. The van der Waals surface area contributed by atoms with E-state index < -0.39 is 21.2 Å². The second kappa shape index (κ2) is 7.10. The fraction of sp³-hybridized carbons (Fsp3) is 0.522. The number of carbonyl (C=O) groups excluding carboxylic acids is 1. The van der Waals surface area contributed by atoms with Crippen LogP contribution in [0.5, 0.6) is 0 Å². The highest BCUT2D eigenvalue weighted by molar-refractivity contribution is 7.92. The van der Waals surface area contributed by atoms with Crippen LogP contribution < -0.4 is 0 Å². The number of sulfone groups is 1. The molecule has 29 heavy (non-hydrogen) atoms. The van der Waals surface area contributed by atoms with Gasteiger partial charge in [-0.1, -0.05) is 19.1 Å². The number of Topliss-reactive ketones (excluding diaryl/α,β-unsaturated/α-hetero) is 1. The van der Waals surface area contributed by atoms with E-state index in [1.807, 2.05) is 0 Å². The molecule has 0 bridgehead atoms. The summed E-state index contributed by atoms with van der Waals surface area (Å²) in [5.74, 6) is 0.164. The Bertz CT molecular complexity index is 1050. The molecule has 1 aromatic carbocycles. The van der Waals surface area contributed by atoms with Crippen LogP contribution in [-0.2, 0) is 39.5 Å². The number of ketones is 1. The lowest BCUT2D eigenvalue weighted by Crippen LogP contribution is -2.22. The standard InChI is InChI=1S/C23H28O5S/c1-14(15-4-5-15)19-8-6-16-7-9-20(16)21(19)11-18(24)13-29(26,27)22-10-17(12-28-22)23(2,3)25/h6,8,10,12,14-15,25H,4-5,7,9,11,13H2,1-3H3/t14-/m0/s1. The van der Waals surface area contributed by atoms with Gasteiger partial charge in [0.1, 0.15) is 5.75 Å². The molecule has 1 aromatic heterocycles. The van der Waals surface area contributed by atoms with Gasteiger partial charge in [0.25, 0.3) is 0 Å². The molecular formula is C23H28O5S. The van der Waals surface area contributed by atoms with Gasteiger partial charge >= 0.3 is 0 Å². The van der Waals surface area contributed by atoms with E-state index in [4.69, 9.17) is 4.42 Å². The molecule has 2 aliphatic rings. The van der Waals surface area contributed by atoms with Crippen LogP contribution in [0.3, 0.4) is 0 Å². The van der Waals surface area contributed by atoms with Crippen molar-refractivity contribution >= 4 is 15.6 Å². The zero-order chi connectivity index (χ0) is 21.0. The van der Waals surface area contributed by atoms with E-state index in [0.717, 1.165) is 18.4 Å². The summed E-state index contributed by atoms with van der Waals surface area (Å²) in [6, 6.07) is 5.61. The van der Waals surface area contributed by atoms with Crippen LogP contribution in [0.4, 0.5) is 0 Å². The minimum Gasteiger partial charge on any atom is -0.453 e. The van der Waals surface area contributed by atoms with E-state index in [-0.39, 0.29) is 17.3 Å². The van der Waals surface area contributed by atoms with E-state index in [2.05, 4.69) is 19.1 Å². The second-order valence-corrected chi connectivity index (χ2v) is 11.0. The molecule has 2 aliphatic carbocycles. The molecule has 156 valence electrons. The average Bonchev–Trinajstić information content (AvgIpc) is 3.29. The van der Waals surface area contributed by atoms with Crippen molar-refractivity contribution in [3.63, 3.8) is 0 Å². The SMILES string of the molecule is C[C@H](c1ccc2c(c1CC(=O)CS(=O)(=O)c1cc(C(C)(C)O)co1)CC2)C1CC1. The van der Waals surface area contributed by atoms with E-state index in [1.165, 1.54) is 41.9 Å². The first kappa shape index (κ1) is 20.4. The molecule has 5 nitrogen and oxygen atoms in total. The lowest BCUT2D eigenvalue weighted by molar-refractivity contribution is -0.116. The maximum absolute atomic E-state index is 12.8. The third-order valence-corrected chi connectivity index (χ3v) is 7.87. The molecule has 0 spiro atoms. The second-order valence-electron chi connectivity index (χ2n) is 9.09. The van der Waals surface area contributed by atoms with Crippen LogP contribution in [0.25, 0.3) is 0 Å². The van der Waals surface area contributed by atoms with Crippen molar-refractivity contribution < 1.29 is 22.7 Å². The number of furan rings is 1. The Kier molecular flexibility index (Phi) is 4.98. The third-order valence-electron chi connectivity index (χ3n) is 6.34. The summed E-state index contributed by atoms with van der Waals surface area (Å²) >= 11 is 0. The summed E-state index contributed by atoms with van der Waals surface area (Å²) in [6.07, 6.45) is 5.81. The molecule has 2 aromatic rings. The molecule has 1 N–H and O–H groups in total. The van der Waals surface area contributed by atoms with E-state index >= 15 is 0 Å². The summed E-state index contributed by atoms with van der Waals surface area (Å²) in [7, 11) is -3.89. The highest BCUT2D eigenvalue weighted by Crippen LogP contribution is 2.45. The van der Waals surface area contributed by atoms with E-state index in [1.54, 1.807) is 13.8 Å². The maximum Gasteiger partial charge on any atom is 0.218 e. The molecule has 0 unspecified atom stereocenters. The Labute approximate surface area is 172 Å². The van der Waals surface area contributed by atoms with Gasteiger partial charge in [0.05, 0.1) is 11.9 Å². The molecular weight excluding hydrogens is 388 g/mol. The number of carbonyl (C=O) groups is 1. The molecule has 0 amide bonds. The van der Waals surface area contributed by atoms with Crippen LogP contribution in [0.1, 0.15) is 67.3 Å². The fourth-order valence-corrected chi connectivity index (χ4v) is 5.37. The van der Waals surface area contributed by atoms with Crippen molar-refractivity contribution in [2.45, 2.75) is 69.5 Å². The lowest BCUT2D eigenvalue weighted by atomic mass is 9.78. The number of aliphatic hydroxyl groups is 1. The zero-order valence-corrected chi connectivity index (χ0v) is 18.0. The minimum absolute atomic E-state index is 0.147. The highest BCUT2D eigenvalue weighted by Gasteiger charge is 2.33. The van der Waals surface area contributed by atoms with Crippen LogP contribution in [0.2, 0.25) is 0 Å². The number of rotatable bonds is 8. The minimum atomic E-state index is -3.89. The molecule has 1 heterocycles. The van der Waals surface area contributed by atoms with Crippen molar-refractivity contribution in [1.29, 1.82) is 0 Å². The first-order valence-corrected chi connectivity index (χ1v) is 11.9.